The Bertz CT molecular complexity index is 1070. The van der Waals surface area contributed by atoms with E-state index in [4.69, 9.17) is 9.72 Å². The Kier molecular flexibility index (Phi) is 6.94. The van der Waals surface area contributed by atoms with E-state index < -0.39 is 0 Å². The Balaban J connectivity index is 1.38. The van der Waals surface area contributed by atoms with Gasteiger partial charge in [0.15, 0.2) is 6.61 Å². The molecular weight excluding hydrogens is 450 g/mol. The minimum Gasteiger partial charge on any atom is -0.484 e. The normalized spacial score (nSPS) is 14.0. The van der Waals surface area contributed by atoms with Crippen molar-refractivity contribution in [3.05, 3.63) is 41.1 Å². The number of benzene rings is 1. The number of carbonyl (C=O) groups excluding carboxylic acids is 2. The van der Waals surface area contributed by atoms with Crippen LogP contribution < -0.4 is 4.74 Å². The van der Waals surface area contributed by atoms with Gasteiger partial charge in [0, 0.05) is 49.6 Å². The van der Waals surface area contributed by atoms with Gasteiger partial charge in [0.05, 0.1) is 9.90 Å². The number of nitrogens with zero attached hydrogens (tertiary/aromatic N) is 3. The minimum atomic E-state index is -0.0633. The molecule has 0 unspecified atom stereocenters. The number of piperazine rings is 1. The van der Waals surface area contributed by atoms with Crippen LogP contribution in [-0.2, 0) is 9.59 Å². The van der Waals surface area contributed by atoms with E-state index in [9.17, 15) is 9.59 Å². The third kappa shape index (κ3) is 5.11. The number of carbonyl (C=O) groups is 2. The number of thioether (sulfide) groups is 1. The van der Waals surface area contributed by atoms with Gasteiger partial charge in [-0.15, -0.1) is 34.4 Å². The van der Waals surface area contributed by atoms with Crippen molar-refractivity contribution in [3.63, 3.8) is 0 Å². The van der Waals surface area contributed by atoms with E-state index in [1.165, 1.54) is 9.77 Å². The van der Waals surface area contributed by atoms with Crippen LogP contribution in [0, 0.1) is 0 Å². The SMILES string of the molecule is CSc1sccc1-c1nc(-c2cccc(OCC(=O)N3CCN(C(C)=O)CC3)c2)cs1. The maximum absolute atomic E-state index is 12.5. The highest BCUT2D eigenvalue weighted by Gasteiger charge is 2.22. The van der Waals surface area contributed by atoms with Crippen molar-refractivity contribution < 1.29 is 14.3 Å². The predicted octanol–water partition coefficient (Wildman–Crippen LogP) is 4.33. The van der Waals surface area contributed by atoms with Gasteiger partial charge in [0.25, 0.3) is 5.91 Å². The molecule has 2 amide bonds. The molecule has 3 heterocycles. The standard InChI is InChI=1S/C22H23N3O3S3/c1-15(26)24-7-9-25(10-8-24)20(27)13-28-17-5-3-4-16(12-17)19-14-31-21(23-19)18-6-11-30-22(18)29-2/h3-6,11-12,14H,7-10,13H2,1-2H3. The van der Waals surface area contributed by atoms with Crippen molar-refractivity contribution >= 4 is 46.2 Å². The van der Waals surface area contributed by atoms with E-state index in [-0.39, 0.29) is 18.4 Å². The summed E-state index contributed by atoms with van der Waals surface area (Å²) in [6.07, 6.45) is 2.08. The number of hydrogen-bond acceptors (Lipinski definition) is 7. The second-order valence-electron chi connectivity index (χ2n) is 7.07. The van der Waals surface area contributed by atoms with Crippen molar-refractivity contribution in [2.24, 2.45) is 0 Å². The lowest BCUT2D eigenvalue weighted by Gasteiger charge is -2.34. The summed E-state index contributed by atoms with van der Waals surface area (Å²) in [5.74, 6) is 0.628. The van der Waals surface area contributed by atoms with Gasteiger partial charge in [-0.3, -0.25) is 9.59 Å². The largest absolute Gasteiger partial charge is 0.484 e. The Morgan fingerprint density at radius 1 is 1.13 bits per heavy atom. The van der Waals surface area contributed by atoms with Crippen LogP contribution in [0.4, 0.5) is 0 Å². The zero-order valence-corrected chi connectivity index (χ0v) is 19.8. The van der Waals surface area contributed by atoms with Gasteiger partial charge in [0.2, 0.25) is 5.91 Å². The fourth-order valence-electron chi connectivity index (χ4n) is 3.39. The fourth-order valence-corrected chi connectivity index (χ4v) is 5.94. The zero-order valence-electron chi connectivity index (χ0n) is 17.4. The van der Waals surface area contributed by atoms with E-state index in [1.54, 1.807) is 51.2 Å². The molecular formula is C22H23N3O3S3. The summed E-state index contributed by atoms with van der Waals surface area (Å²) in [6, 6.07) is 9.79. The van der Waals surface area contributed by atoms with E-state index in [0.29, 0.717) is 31.9 Å². The first kappa shape index (κ1) is 21.9. The van der Waals surface area contributed by atoms with E-state index in [0.717, 1.165) is 16.3 Å². The Labute approximate surface area is 193 Å². The number of rotatable bonds is 6. The van der Waals surface area contributed by atoms with Crippen LogP contribution in [0.15, 0.2) is 45.3 Å². The monoisotopic (exact) mass is 473 g/mol. The van der Waals surface area contributed by atoms with Gasteiger partial charge >= 0.3 is 0 Å². The first-order chi connectivity index (χ1) is 15.0. The lowest BCUT2D eigenvalue weighted by molar-refractivity contribution is -0.139. The number of aromatic nitrogens is 1. The van der Waals surface area contributed by atoms with Crippen molar-refractivity contribution in [2.75, 3.05) is 39.0 Å². The zero-order chi connectivity index (χ0) is 21.8. The van der Waals surface area contributed by atoms with E-state index in [1.807, 2.05) is 24.3 Å². The Hall–Kier alpha value is -2.36. The molecule has 1 aromatic carbocycles. The molecule has 6 nitrogen and oxygen atoms in total. The average molecular weight is 474 g/mol. The first-order valence-electron chi connectivity index (χ1n) is 9.89. The maximum atomic E-state index is 12.5. The molecule has 4 rings (SSSR count). The quantitative estimate of drug-likeness (QED) is 0.499. The average Bonchev–Trinajstić information content (AvgIpc) is 3.47. The number of amides is 2. The number of ether oxygens (including phenoxy) is 1. The summed E-state index contributed by atoms with van der Waals surface area (Å²) in [5, 5.41) is 5.15. The number of thiazole rings is 1. The third-order valence-electron chi connectivity index (χ3n) is 5.12. The third-order valence-corrected chi connectivity index (χ3v) is 8.08. The molecule has 3 aromatic rings. The summed E-state index contributed by atoms with van der Waals surface area (Å²) in [4.78, 5) is 32.2. The maximum Gasteiger partial charge on any atom is 0.260 e. The molecule has 162 valence electrons. The second kappa shape index (κ2) is 9.84. The molecule has 0 atom stereocenters. The van der Waals surface area contributed by atoms with Crippen LogP contribution in [-0.4, -0.2) is 65.6 Å². The molecule has 0 N–H and O–H groups in total. The summed E-state index contributed by atoms with van der Waals surface area (Å²) in [7, 11) is 0. The van der Waals surface area contributed by atoms with Crippen LogP contribution in [0.25, 0.3) is 21.8 Å². The van der Waals surface area contributed by atoms with Crippen LogP contribution in [0.5, 0.6) is 5.75 Å². The van der Waals surface area contributed by atoms with Crippen molar-refractivity contribution in [1.82, 2.24) is 14.8 Å². The summed E-state index contributed by atoms with van der Waals surface area (Å²) in [5.41, 5.74) is 3.04. The molecule has 0 spiro atoms. The van der Waals surface area contributed by atoms with Gasteiger partial charge in [-0.1, -0.05) is 12.1 Å². The number of thiophene rings is 1. The molecule has 0 aliphatic carbocycles. The smallest absolute Gasteiger partial charge is 0.260 e. The molecule has 0 bridgehead atoms. The van der Waals surface area contributed by atoms with Crippen LogP contribution in [0.2, 0.25) is 0 Å². The van der Waals surface area contributed by atoms with Crippen LogP contribution in [0.3, 0.4) is 0 Å². The molecule has 1 fully saturated rings. The highest BCUT2D eigenvalue weighted by molar-refractivity contribution is 8.00. The van der Waals surface area contributed by atoms with Gasteiger partial charge in [-0.2, -0.15) is 0 Å². The van der Waals surface area contributed by atoms with Gasteiger partial charge < -0.3 is 14.5 Å². The lowest BCUT2D eigenvalue weighted by Crippen LogP contribution is -2.51. The molecule has 0 saturated carbocycles. The van der Waals surface area contributed by atoms with Gasteiger partial charge in [-0.05, 0) is 29.8 Å². The topological polar surface area (TPSA) is 62.7 Å². The first-order valence-corrected chi connectivity index (χ1v) is 12.9. The highest BCUT2D eigenvalue weighted by Crippen LogP contribution is 2.38. The minimum absolute atomic E-state index is 0.0160. The van der Waals surface area contributed by atoms with Gasteiger partial charge in [0.1, 0.15) is 10.8 Å². The highest BCUT2D eigenvalue weighted by atomic mass is 32.2. The molecule has 2 aromatic heterocycles. The summed E-state index contributed by atoms with van der Waals surface area (Å²) >= 11 is 5.09. The van der Waals surface area contributed by atoms with Crippen molar-refractivity contribution in [1.29, 1.82) is 0 Å². The molecule has 1 saturated heterocycles. The summed E-state index contributed by atoms with van der Waals surface area (Å²) in [6.45, 7) is 3.78. The Morgan fingerprint density at radius 2 is 1.90 bits per heavy atom. The van der Waals surface area contributed by atoms with Gasteiger partial charge in [-0.25, -0.2) is 4.98 Å². The molecule has 31 heavy (non-hydrogen) atoms. The molecule has 9 heteroatoms. The number of hydrogen-bond donors (Lipinski definition) is 0. The van der Waals surface area contributed by atoms with E-state index >= 15 is 0 Å². The molecule has 1 aliphatic rings. The second-order valence-corrected chi connectivity index (χ2v) is 9.92. The lowest BCUT2D eigenvalue weighted by atomic mass is 10.1. The molecule has 1 aliphatic heterocycles. The Morgan fingerprint density at radius 3 is 2.65 bits per heavy atom. The fraction of sp³-hybridized carbons (Fsp3) is 0.318. The van der Waals surface area contributed by atoms with Crippen LogP contribution in [0.1, 0.15) is 6.92 Å². The molecule has 0 radical (unpaired) electrons. The van der Waals surface area contributed by atoms with Crippen molar-refractivity contribution in [3.8, 4) is 27.6 Å². The predicted molar refractivity (Wildman–Crippen MR) is 127 cm³/mol. The van der Waals surface area contributed by atoms with Crippen LogP contribution >= 0.6 is 34.4 Å². The van der Waals surface area contributed by atoms with Crippen molar-refractivity contribution in [2.45, 2.75) is 11.1 Å². The van der Waals surface area contributed by atoms with E-state index in [2.05, 4.69) is 23.1 Å². The summed E-state index contributed by atoms with van der Waals surface area (Å²) < 4.78 is 7.04.